The van der Waals surface area contributed by atoms with E-state index in [4.69, 9.17) is 9.47 Å². The van der Waals surface area contributed by atoms with Crippen LogP contribution in [0.5, 0.6) is 17.4 Å². The van der Waals surface area contributed by atoms with Crippen LogP contribution in [0.3, 0.4) is 0 Å². The molecule has 3 rings (SSSR count). The molecule has 14 heteroatoms. The Labute approximate surface area is 175 Å². The van der Waals surface area contributed by atoms with Crippen LogP contribution in [0.4, 0.5) is 23.8 Å². The van der Waals surface area contributed by atoms with Gasteiger partial charge < -0.3 is 13.7 Å². The lowest BCUT2D eigenvalue weighted by Crippen LogP contribution is -2.28. The van der Waals surface area contributed by atoms with Crippen LogP contribution in [0.1, 0.15) is 39.7 Å². The lowest BCUT2D eigenvalue weighted by atomic mass is 10.2. The Hall–Kier alpha value is -3.03. The van der Waals surface area contributed by atoms with Gasteiger partial charge in [-0.2, -0.15) is 21.6 Å². The van der Waals surface area contributed by atoms with Crippen LogP contribution in [0.2, 0.25) is 0 Å². The first-order chi connectivity index (χ1) is 14.2. The number of nitrogens with one attached hydrogen (secondary N) is 1. The SMILES string of the molecule is CC(C)(C)OC(=O)Nc1cc(Oc2cn(C3CC3)nc2OS(=O)(=O)C(F)(F)F)ccn1. The van der Waals surface area contributed by atoms with E-state index >= 15 is 0 Å². The molecule has 1 aliphatic carbocycles. The third kappa shape index (κ3) is 5.99. The second-order valence-corrected chi connectivity index (χ2v) is 9.14. The number of pyridine rings is 1. The van der Waals surface area contributed by atoms with Gasteiger partial charge >= 0.3 is 21.7 Å². The van der Waals surface area contributed by atoms with E-state index in [0.29, 0.717) is 0 Å². The van der Waals surface area contributed by atoms with Crippen LogP contribution in [0.15, 0.2) is 24.5 Å². The molecule has 0 radical (unpaired) electrons. The van der Waals surface area contributed by atoms with Crippen molar-refractivity contribution in [3.8, 4) is 17.4 Å². The molecule has 10 nitrogen and oxygen atoms in total. The minimum Gasteiger partial charge on any atom is -0.450 e. The van der Waals surface area contributed by atoms with Gasteiger partial charge in [0, 0.05) is 12.3 Å². The predicted molar refractivity (Wildman–Crippen MR) is 100 cm³/mol. The number of nitrogens with zero attached hydrogens (tertiary/aromatic N) is 3. The van der Waals surface area contributed by atoms with E-state index < -0.39 is 33.2 Å². The molecule has 1 saturated carbocycles. The number of rotatable bonds is 6. The number of ether oxygens (including phenoxy) is 2. The van der Waals surface area contributed by atoms with Crippen molar-refractivity contribution < 1.29 is 40.0 Å². The Morgan fingerprint density at radius 1 is 1.26 bits per heavy atom. The molecule has 170 valence electrons. The molecule has 1 aliphatic rings. The number of aromatic nitrogens is 3. The Kier molecular flexibility index (Phi) is 5.78. The molecule has 0 aromatic carbocycles. The molecule has 2 aromatic rings. The summed E-state index contributed by atoms with van der Waals surface area (Å²) < 4.78 is 76.9. The van der Waals surface area contributed by atoms with Crippen LogP contribution in [-0.4, -0.2) is 40.4 Å². The van der Waals surface area contributed by atoms with E-state index in [2.05, 4.69) is 19.6 Å². The van der Waals surface area contributed by atoms with Gasteiger partial charge in [0.05, 0.1) is 12.2 Å². The maximum atomic E-state index is 12.7. The van der Waals surface area contributed by atoms with Gasteiger partial charge in [0.15, 0.2) is 0 Å². The lowest BCUT2D eigenvalue weighted by molar-refractivity contribution is -0.0501. The Morgan fingerprint density at radius 2 is 1.94 bits per heavy atom. The smallest absolute Gasteiger partial charge is 0.450 e. The van der Waals surface area contributed by atoms with Gasteiger partial charge in [-0.15, -0.1) is 5.10 Å². The predicted octanol–water partition coefficient (Wildman–Crippen LogP) is 3.98. The summed E-state index contributed by atoms with van der Waals surface area (Å²) in [5.41, 5.74) is -6.37. The standard InChI is InChI=1S/C17H19F3N4O6S/c1-16(2,3)29-15(25)22-13-8-11(6-7-21-13)28-12-9-24(10-4-5-10)23-14(12)30-31(26,27)17(18,19)20/h6-10H,4-5H2,1-3H3,(H,21,22,25). The molecule has 0 unspecified atom stereocenters. The highest BCUT2D eigenvalue weighted by atomic mass is 32.2. The summed E-state index contributed by atoms with van der Waals surface area (Å²) in [5, 5.41) is 6.14. The van der Waals surface area contributed by atoms with Gasteiger partial charge in [-0.3, -0.25) is 10.00 Å². The molecular formula is C17H19F3N4O6S. The third-order valence-electron chi connectivity index (χ3n) is 3.65. The molecule has 1 fully saturated rings. The van der Waals surface area contributed by atoms with Crippen LogP contribution in [0.25, 0.3) is 0 Å². The average molecular weight is 464 g/mol. The maximum absolute atomic E-state index is 12.7. The van der Waals surface area contributed by atoms with Crippen LogP contribution in [0, 0.1) is 0 Å². The van der Waals surface area contributed by atoms with E-state index in [-0.39, 0.29) is 23.4 Å². The van der Waals surface area contributed by atoms with Gasteiger partial charge in [0.2, 0.25) is 5.75 Å². The van der Waals surface area contributed by atoms with E-state index in [9.17, 15) is 26.4 Å². The summed E-state index contributed by atoms with van der Waals surface area (Å²) in [5.74, 6) is -1.14. The first kappa shape index (κ1) is 22.7. The van der Waals surface area contributed by atoms with Gasteiger partial charge in [-0.1, -0.05) is 0 Å². The number of anilines is 1. The zero-order valence-corrected chi connectivity index (χ0v) is 17.5. The summed E-state index contributed by atoms with van der Waals surface area (Å²) in [4.78, 5) is 15.8. The maximum Gasteiger partial charge on any atom is 0.534 e. The van der Waals surface area contributed by atoms with Crippen molar-refractivity contribution in [1.82, 2.24) is 14.8 Å². The monoisotopic (exact) mass is 464 g/mol. The molecule has 2 heterocycles. The van der Waals surface area contributed by atoms with E-state index in [1.807, 2.05) is 0 Å². The molecular weight excluding hydrogens is 445 g/mol. The number of amides is 1. The number of carbonyl (C=O) groups excluding carboxylic acids is 1. The minimum absolute atomic E-state index is 0.0330. The van der Waals surface area contributed by atoms with Crippen LogP contribution >= 0.6 is 0 Å². The quantitative estimate of drug-likeness (QED) is 0.503. The molecule has 0 spiro atoms. The fourth-order valence-corrected chi connectivity index (χ4v) is 2.66. The number of halogens is 3. The summed E-state index contributed by atoms with van der Waals surface area (Å²) >= 11 is 0. The van der Waals surface area contributed by atoms with Gasteiger partial charge in [0.1, 0.15) is 17.2 Å². The van der Waals surface area contributed by atoms with Crippen LogP contribution < -0.4 is 14.2 Å². The van der Waals surface area contributed by atoms with Gasteiger partial charge in [-0.05, 0) is 39.7 Å². The third-order valence-corrected chi connectivity index (χ3v) is 4.59. The van der Waals surface area contributed by atoms with E-state index in [0.717, 1.165) is 12.8 Å². The van der Waals surface area contributed by atoms with Crippen molar-refractivity contribution in [2.45, 2.75) is 50.8 Å². The van der Waals surface area contributed by atoms with E-state index in [1.54, 1.807) is 20.8 Å². The number of hydrogen-bond acceptors (Lipinski definition) is 8. The van der Waals surface area contributed by atoms with Crippen LogP contribution in [-0.2, 0) is 14.9 Å². The number of alkyl halides is 3. The zero-order chi connectivity index (χ0) is 23.0. The first-order valence-electron chi connectivity index (χ1n) is 8.97. The summed E-state index contributed by atoms with van der Waals surface area (Å²) in [7, 11) is -5.94. The Morgan fingerprint density at radius 3 is 2.52 bits per heavy atom. The van der Waals surface area contributed by atoms with E-state index in [1.165, 1.54) is 29.2 Å². The molecule has 1 N–H and O–H groups in total. The highest BCUT2D eigenvalue weighted by Gasteiger charge is 2.49. The summed E-state index contributed by atoms with van der Waals surface area (Å²) in [6, 6.07) is 2.52. The Balaban J connectivity index is 1.81. The summed E-state index contributed by atoms with van der Waals surface area (Å²) in [6.45, 7) is 5.02. The van der Waals surface area contributed by atoms with Crippen molar-refractivity contribution in [1.29, 1.82) is 0 Å². The Bertz CT molecular complexity index is 1070. The highest BCUT2D eigenvalue weighted by Crippen LogP contribution is 2.40. The second-order valence-electron chi connectivity index (χ2n) is 7.60. The lowest BCUT2D eigenvalue weighted by Gasteiger charge is -2.19. The molecule has 0 atom stereocenters. The average Bonchev–Trinajstić information content (AvgIpc) is 3.36. The topological polar surface area (TPSA) is 122 Å². The van der Waals surface area contributed by atoms with Gasteiger partial charge in [0.25, 0.3) is 5.88 Å². The largest absolute Gasteiger partial charge is 0.534 e. The van der Waals surface area contributed by atoms with Crippen molar-refractivity contribution in [3.05, 3.63) is 24.5 Å². The first-order valence-corrected chi connectivity index (χ1v) is 10.4. The zero-order valence-electron chi connectivity index (χ0n) is 16.6. The van der Waals surface area contributed by atoms with Crippen molar-refractivity contribution in [2.75, 3.05) is 5.32 Å². The fourth-order valence-electron chi connectivity index (χ4n) is 2.24. The molecule has 1 amide bonds. The van der Waals surface area contributed by atoms with Crippen molar-refractivity contribution in [3.63, 3.8) is 0 Å². The highest BCUT2D eigenvalue weighted by molar-refractivity contribution is 7.88. The van der Waals surface area contributed by atoms with Crippen molar-refractivity contribution in [2.24, 2.45) is 0 Å². The molecule has 0 aliphatic heterocycles. The normalized spacial score (nSPS) is 14.8. The second kappa shape index (κ2) is 7.90. The molecule has 2 aromatic heterocycles. The molecule has 0 saturated heterocycles. The molecule has 0 bridgehead atoms. The number of hydrogen-bond donors (Lipinski definition) is 1. The number of carbonyl (C=O) groups is 1. The molecule has 31 heavy (non-hydrogen) atoms. The van der Waals surface area contributed by atoms with Crippen molar-refractivity contribution >= 4 is 22.0 Å². The summed E-state index contributed by atoms with van der Waals surface area (Å²) in [6.07, 6.45) is 3.18. The fraction of sp³-hybridized carbons (Fsp3) is 0.471. The van der Waals surface area contributed by atoms with Gasteiger partial charge in [-0.25, -0.2) is 9.78 Å². The minimum atomic E-state index is -5.94.